The predicted molar refractivity (Wildman–Crippen MR) is 84.9 cm³/mol. The third-order valence-corrected chi connectivity index (χ3v) is 4.56. The van der Waals surface area contributed by atoms with Crippen molar-refractivity contribution in [3.63, 3.8) is 0 Å². The van der Waals surface area contributed by atoms with Crippen molar-refractivity contribution in [2.24, 2.45) is 5.92 Å². The number of nitrogens with one attached hydrogen (secondary N) is 1. The first kappa shape index (κ1) is 15.7. The Balaban J connectivity index is 1.61. The number of halogens is 1. The van der Waals surface area contributed by atoms with Gasteiger partial charge in [-0.05, 0) is 56.2 Å². The van der Waals surface area contributed by atoms with Gasteiger partial charge >= 0.3 is 0 Å². The molecule has 1 saturated heterocycles. The number of ether oxygens (including phenoxy) is 1. The van der Waals surface area contributed by atoms with E-state index in [0.29, 0.717) is 5.02 Å². The van der Waals surface area contributed by atoms with Gasteiger partial charge in [0.25, 0.3) is 0 Å². The molecular weight excluding hydrogens is 270 g/mol. The van der Waals surface area contributed by atoms with Crippen LogP contribution in [0.1, 0.15) is 38.2 Å². The van der Waals surface area contributed by atoms with E-state index < -0.39 is 0 Å². The van der Waals surface area contributed by atoms with Gasteiger partial charge in [0.1, 0.15) is 5.75 Å². The van der Waals surface area contributed by atoms with Crippen LogP contribution in [0.3, 0.4) is 0 Å². The molecule has 1 heterocycles. The summed E-state index contributed by atoms with van der Waals surface area (Å²) in [5, 5.41) is 0.714. The molecule has 0 bridgehead atoms. The minimum atomic E-state index is 0.714. The van der Waals surface area contributed by atoms with Gasteiger partial charge < -0.3 is 9.64 Å². The predicted octanol–water partition coefficient (Wildman–Crippen LogP) is 3.12. The van der Waals surface area contributed by atoms with E-state index >= 15 is 0 Å². The Morgan fingerprint density at radius 1 is 1.25 bits per heavy atom. The summed E-state index contributed by atoms with van der Waals surface area (Å²) in [4.78, 5) is 1.77. The highest BCUT2D eigenvalue weighted by Crippen LogP contribution is 2.25. The van der Waals surface area contributed by atoms with Crippen LogP contribution in [0.25, 0.3) is 0 Å². The van der Waals surface area contributed by atoms with Crippen molar-refractivity contribution >= 4 is 11.6 Å². The first-order valence-corrected chi connectivity index (χ1v) is 8.25. The average Bonchev–Trinajstić information content (AvgIpc) is 2.44. The summed E-state index contributed by atoms with van der Waals surface area (Å²) in [6.07, 6.45) is 5.14. The molecule has 112 valence electrons. The van der Waals surface area contributed by atoms with Gasteiger partial charge in [-0.2, -0.15) is 0 Å². The molecule has 1 aromatic rings. The van der Waals surface area contributed by atoms with Crippen molar-refractivity contribution in [2.45, 2.75) is 39.5 Å². The Hall–Kier alpha value is -0.730. The van der Waals surface area contributed by atoms with Crippen LogP contribution in [-0.4, -0.2) is 26.2 Å². The second kappa shape index (κ2) is 7.90. The summed E-state index contributed by atoms with van der Waals surface area (Å²) >= 11 is 6.12. The second-order valence-corrected chi connectivity index (χ2v) is 6.58. The van der Waals surface area contributed by atoms with E-state index in [4.69, 9.17) is 16.3 Å². The summed E-state index contributed by atoms with van der Waals surface area (Å²) in [6, 6.07) is 5.93. The monoisotopic (exact) mass is 296 g/mol. The van der Waals surface area contributed by atoms with Gasteiger partial charge in [-0.1, -0.05) is 24.6 Å². The number of quaternary nitrogens is 1. The Kier molecular flexibility index (Phi) is 6.18. The number of aryl methyl sites for hydroxylation is 1. The fourth-order valence-electron chi connectivity index (χ4n) is 2.80. The lowest BCUT2D eigenvalue weighted by Crippen LogP contribution is -3.13. The van der Waals surface area contributed by atoms with E-state index in [0.717, 1.165) is 24.7 Å². The van der Waals surface area contributed by atoms with Crippen molar-refractivity contribution in [3.8, 4) is 5.75 Å². The first-order valence-electron chi connectivity index (χ1n) is 7.87. The minimum Gasteiger partial charge on any atom is -0.492 e. The van der Waals surface area contributed by atoms with Crippen LogP contribution in [0.15, 0.2) is 18.2 Å². The normalized spacial score (nSPS) is 22.8. The van der Waals surface area contributed by atoms with Gasteiger partial charge in [0.2, 0.25) is 0 Å². The Bertz CT molecular complexity index is 413. The maximum Gasteiger partial charge on any atom is 0.138 e. The van der Waals surface area contributed by atoms with Gasteiger partial charge in [-0.3, -0.25) is 0 Å². The molecular formula is C17H27ClNO+. The molecule has 1 fully saturated rings. The second-order valence-electron chi connectivity index (χ2n) is 6.17. The third-order valence-electron chi connectivity index (χ3n) is 4.25. The molecule has 0 aromatic heterocycles. The Morgan fingerprint density at radius 2 is 2.00 bits per heavy atom. The number of unbranched alkanes of at least 4 members (excludes halogenated alkanes) is 1. The van der Waals surface area contributed by atoms with Crippen LogP contribution in [-0.2, 0) is 0 Å². The molecule has 0 unspecified atom stereocenters. The number of benzene rings is 1. The van der Waals surface area contributed by atoms with Crippen molar-refractivity contribution in [2.75, 3.05) is 26.2 Å². The standard InChI is InChI=1S/C17H26ClNO/c1-14-7-10-19(11-8-14)9-3-4-12-20-17-13-15(2)5-6-16(17)18/h5-6,13-14H,3-4,7-12H2,1-2H3/p+1. The molecule has 0 amide bonds. The molecule has 3 heteroatoms. The van der Waals surface area contributed by atoms with E-state index in [1.54, 1.807) is 4.90 Å². The van der Waals surface area contributed by atoms with E-state index in [-0.39, 0.29) is 0 Å². The van der Waals surface area contributed by atoms with E-state index in [1.807, 2.05) is 18.2 Å². The first-order chi connectivity index (χ1) is 9.65. The van der Waals surface area contributed by atoms with Crippen LogP contribution >= 0.6 is 11.6 Å². The van der Waals surface area contributed by atoms with Crippen molar-refractivity contribution in [1.82, 2.24) is 0 Å². The lowest BCUT2D eigenvalue weighted by molar-refractivity contribution is -0.906. The molecule has 2 rings (SSSR count). The van der Waals surface area contributed by atoms with Crippen LogP contribution in [0, 0.1) is 12.8 Å². The van der Waals surface area contributed by atoms with E-state index in [1.165, 1.54) is 44.5 Å². The largest absolute Gasteiger partial charge is 0.492 e. The SMILES string of the molecule is Cc1ccc(Cl)c(OCCCC[NH+]2CCC(C)CC2)c1. The van der Waals surface area contributed by atoms with Crippen molar-refractivity contribution in [3.05, 3.63) is 28.8 Å². The lowest BCUT2D eigenvalue weighted by Gasteiger charge is -2.27. The Morgan fingerprint density at radius 3 is 2.75 bits per heavy atom. The summed E-state index contributed by atoms with van der Waals surface area (Å²) in [5.74, 6) is 1.76. The Labute approximate surface area is 128 Å². The minimum absolute atomic E-state index is 0.714. The van der Waals surface area contributed by atoms with Crippen LogP contribution in [0.4, 0.5) is 0 Å². The molecule has 0 radical (unpaired) electrons. The number of piperidine rings is 1. The van der Waals surface area contributed by atoms with Crippen LogP contribution < -0.4 is 9.64 Å². The van der Waals surface area contributed by atoms with E-state index in [9.17, 15) is 0 Å². The zero-order chi connectivity index (χ0) is 14.4. The van der Waals surface area contributed by atoms with Crippen molar-refractivity contribution in [1.29, 1.82) is 0 Å². The third kappa shape index (κ3) is 4.99. The highest BCUT2D eigenvalue weighted by Gasteiger charge is 2.17. The number of hydrogen-bond donors (Lipinski definition) is 1. The highest BCUT2D eigenvalue weighted by atomic mass is 35.5. The highest BCUT2D eigenvalue weighted by molar-refractivity contribution is 6.32. The molecule has 2 nitrogen and oxygen atoms in total. The maximum atomic E-state index is 6.12. The molecule has 20 heavy (non-hydrogen) atoms. The average molecular weight is 297 g/mol. The molecule has 1 N–H and O–H groups in total. The number of likely N-dealkylation sites (tertiary alicyclic amines) is 1. The zero-order valence-corrected chi connectivity index (χ0v) is 13.5. The van der Waals surface area contributed by atoms with Crippen molar-refractivity contribution < 1.29 is 9.64 Å². The number of hydrogen-bond acceptors (Lipinski definition) is 1. The van der Waals surface area contributed by atoms with Crippen LogP contribution in [0.5, 0.6) is 5.75 Å². The quantitative estimate of drug-likeness (QED) is 0.796. The summed E-state index contributed by atoms with van der Waals surface area (Å²) < 4.78 is 5.78. The molecule has 0 aliphatic carbocycles. The molecule has 1 aliphatic heterocycles. The van der Waals surface area contributed by atoms with Gasteiger partial charge in [0.05, 0.1) is 31.3 Å². The topological polar surface area (TPSA) is 13.7 Å². The summed E-state index contributed by atoms with van der Waals surface area (Å²) in [5.41, 5.74) is 1.19. The smallest absolute Gasteiger partial charge is 0.138 e. The van der Waals surface area contributed by atoms with Gasteiger partial charge in [-0.15, -0.1) is 0 Å². The summed E-state index contributed by atoms with van der Waals surface area (Å²) in [6.45, 7) is 9.20. The molecule has 1 aromatic carbocycles. The summed E-state index contributed by atoms with van der Waals surface area (Å²) in [7, 11) is 0. The van der Waals surface area contributed by atoms with Gasteiger partial charge in [0.15, 0.2) is 0 Å². The maximum absolute atomic E-state index is 6.12. The van der Waals surface area contributed by atoms with Crippen LogP contribution in [0.2, 0.25) is 5.02 Å². The van der Waals surface area contributed by atoms with Gasteiger partial charge in [-0.25, -0.2) is 0 Å². The fourth-order valence-corrected chi connectivity index (χ4v) is 2.97. The number of rotatable bonds is 6. The molecule has 0 saturated carbocycles. The zero-order valence-electron chi connectivity index (χ0n) is 12.8. The van der Waals surface area contributed by atoms with E-state index in [2.05, 4.69) is 13.8 Å². The fraction of sp³-hybridized carbons (Fsp3) is 0.647. The van der Waals surface area contributed by atoms with Gasteiger partial charge in [0, 0.05) is 0 Å². The molecule has 1 aliphatic rings. The molecule has 0 spiro atoms. The molecule has 0 atom stereocenters. The lowest BCUT2D eigenvalue weighted by atomic mass is 9.99.